The SMILES string of the molecule is C=Nc1c(/C=C\C)cccc1S(=O)(=O)Nc1ccc(C(=O)N2CCN(CC3CCCC3)CC2)cc1. The van der Waals surface area contributed by atoms with Crippen LogP contribution < -0.4 is 4.72 Å². The Morgan fingerprint density at radius 1 is 1.09 bits per heavy atom. The van der Waals surface area contributed by atoms with Crippen LogP contribution in [0.25, 0.3) is 6.08 Å². The summed E-state index contributed by atoms with van der Waals surface area (Å²) in [5.41, 5.74) is 1.92. The van der Waals surface area contributed by atoms with Crippen molar-refractivity contribution in [3.8, 4) is 0 Å². The van der Waals surface area contributed by atoms with E-state index in [0.29, 0.717) is 22.5 Å². The number of aliphatic imine (C=N–C) groups is 1. The van der Waals surface area contributed by atoms with E-state index in [2.05, 4.69) is 21.3 Å². The van der Waals surface area contributed by atoms with Crippen molar-refractivity contribution < 1.29 is 13.2 Å². The summed E-state index contributed by atoms with van der Waals surface area (Å²) in [6.07, 6.45) is 8.98. The number of amides is 1. The van der Waals surface area contributed by atoms with E-state index in [1.54, 1.807) is 42.5 Å². The molecule has 186 valence electrons. The lowest BCUT2D eigenvalue weighted by Crippen LogP contribution is -2.49. The molecule has 0 bridgehead atoms. The lowest BCUT2D eigenvalue weighted by Gasteiger charge is -2.36. The molecule has 1 heterocycles. The fraction of sp³-hybridized carbons (Fsp3) is 0.407. The van der Waals surface area contributed by atoms with Crippen LogP contribution >= 0.6 is 0 Å². The van der Waals surface area contributed by atoms with Crippen LogP contribution in [-0.2, 0) is 10.0 Å². The molecular formula is C27H34N4O3S. The molecule has 0 aromatic heterocycles. The maximum Gasteiger partial charge on any atom is 0.264 e. The van der Waals surface area contributed by atoms with Crippen LogP contribution in [0.15, 0.2) is 58.4 Å². The Bertz CT molecular complexity index is 1180. The maximum atomic E-state index is 13.1. The van der Waals surface area contributed by atoms with Gasteiger partial charge in [-0.25, -0.2) is 8.42 Å². The smallest absolute Gasteiger partial charge is 0.264 e. The topological polar surface area (TPSA) is 82.1 Å². The third kappa shape index (κ3) is 6.00. The van der Waals surface area contributed by atoms with Crippen molar-refractivity contribution in [2.75, 3.05) is 37.4 Å². The first-order valence-corrected chi connectivity index (χ1v) is 13.8. The average Bonchev–Trinajstić information content (AvgIpc) is 3.37. The van der Waals surface area contributed by atoms with Crippen molar-refractivity contribution >= 4 is 40.1 Å². The van der Waals surface area contributed by atoms with Crippen molar-refractivity contribution in [3.63, 3.8) is 0 Å². The van der Waals surface area contributed by atoms with Crippen LogP contribution in [0.3, 0.4) is 0 Å². The number of sulfonamides is 1. The van der Waals surface area contributed by atoms with E-state index in [4.69, 9.17) is 0 Å². The highest BCUT2D eigenvalue weighted by Gasteiger charge is 2.25. The van der Waals surface area contributed by atoms with Crippen molar-refractivity contribution in [1.82, 2.24) is 9.80 Å². The van der Waals surface area contributed by atoms with Gasteiger partial charge in [-0.05, 0) is 62.7 Å². The summed E-state index contributed by atoms with van der Waals surface area (Å²) in [6, 6.07) is 11.6. The van der Waals surface area contributed by atoms with Gasteiger partial charge in [0.1, 0.15) is 4.90 Å². The quantitative estimate of drug-likeness (QED) is 0.535. The van der Waals surface area contributed by atoms with Gasteiger partial charge >= 0.3 is 0 Å². The fourth-order valence-electron chi connectivity index (χ4n) is 5.00. The van der Waals surface area contributed by atoms with Gasteiger partial charge in [0.15, 0.2) is 0 Å². The van der Waals surface area contributed by atoms with E-state index >= 15 is 0 Å². The van der Waals surface area contributed by atoms with E-state index in [0.717, 1.165) is 38.6 Å². The Morgan fingerprint density at radius 3 is 2.40 bits per heavy atom. The summed E-state index contributed by atoms with van der Waals surface area (Å²) < 4.78 is 28.7. The first kappa shape index (κ1) is 25.1. The van der Waals surface area contributed by atoms with Gasteiger partial charge in [0.25, 0.3) is 15.9 Å². The number of anilines is 1. The number of carbonyl (C=O) groups is 1. The van der Waals surface area contributed by atoms with E-state index in [1.165, 1.54) is 31.7 Å². The molecule has 1 amide bonds. The van der Waals surface area contributed by atoms with Gasteiger partial charge in [0.2, 0.25) is 0 Å². The normalized spacial score (nSPS) is 17.7. The molecule has 0 atom stereocenters. The molecule has 1 aliphatic heterocycles. The van der Waals surface area contributed by atoms with Crippen LogP contribution in [0, 0.1) is 5.92 Å². The molecule has 2 aromatic rings. The van der Waals surface area contributed by atoms with Gasteiger partial charge in [-0.15, -0.1) is 0 Å². The Balaban J connectivity index is 1.39. The zero-order valence-electron chi connectivity index (χ0n) is 20.3. The summed E-state index contributed by atoms with van der Waals surface area (Å²) in [4.78, 5) is 21.4. The highest BCUT2D eigenvalue weighted by molar-refractivity contribution is 7.92. The zero-order chi connectivity index (χ0) is 24.8. The monoisotopic (exact) mass is 494 g/mol. The van der Waals surface area contributed by atoms with Gasteiger partial charge in [-0.1, -0.05) is 37.1 Å². The standard InChI is InChI=1S/C27H34N4O3S/c1-3-7-22-10-6-11-25(26(22)28-2)35(33,34)29-24-14-12-23(13-15-24)27(32)31-18-16-30(17-19-31)20-21-8-4-5-9-21/h3,6-7,10-15,21,29H,2,4-5,8-9,16-20H2,1H3/b7-3-. The molecule has 7 nitrogen and oxygen atoms in total. The van der Waals surface area contributed by atoms with E-state index in [1.807, 2.05) is 17.9 Å². The molecule has 35 heavy (non-hydrogen) atoms. The van der Waals surface area contributed by atoms with Crippen LogP contribution in [0.5, 0.6) is 0 Å². The minimum Gasteiger partial charge on any atom is -0.336 e. The number of nitrogens with one attached hydrogen (secondary N) is 1. The molecule has 1 saturated heterocycles. The van der Waals surface area contributed by atoms with Crippen LogP contribution in [0.1, 0.15) is 48.5 Å². The highest BCUT2D eigenvalue weighted by Crippen LogP contribution is 2.31. The first-order chi connectivity index (χ1) is 16.9. The van der Waals surface area contributed by atoms with Crippen molar-refractivity contribution in [2.45, 2.75) is 37.5 Å². The van der Waals surface area contributed by atoms with Crippen LogP contribution in [0.2, 0.25) is 0 Å². The molecule has 2 fully saturated rings. The van der Waals surface area contributed by atoms with E-state index in [9.17, 15) is 13.2 Å². The molecule has 1 aliphatic carbocycles. The van der Waals surface area contributed by atoms with Crippen molar-refractivity contribution in [1.29, 1.82) is 0 Å². The Kier molecular flexibility index (Phi) is 8.03. The first-order valence-electron chi connectivity index (χ1n) is 12.3. The maximum absolute atomic E-state index is 13.1. The largest absolute Gasteiger partial charge is 0.336 e. The number of allylic oxidation sites excluding steroid dienone is 1. The molecule has 1 N–H and O–H groups in total. The second-order valence-electron chi connectivity index (χ2n) is 9.28. The lowest BCUT2D eigenvalue weighted by atomic mass is 10.1. The third-order valence-corrected chi connectivity index (χ3v) is 8.27. The number of nitrogens with zero attached hydrogens (tertiary/aromatic N) is 3. The number of hydrogen-bond acceptors (Lipinski definition) is 5. The van der Waals surface area contributed by atoms with Crippen LogP contribution in [0.4, 0.5) is 11.4 Å². The molecule has 4 rings (SSSR count). The number of piperazine rings is 1. The highest BCUT2D eigenvalue weighted by atomic mass is 32.2. The zero-order valence-corrected chi connectivity index (χ0v) is 21.1. The molecular weight excluding hydrogens is 460 g/mol. The average molecular weight is 495 g/mol. The van der Waals surface area contributed by atoms with Gasteiger partial charge in [0, 0.05) is 49.5 Å². The Labute approximate surface area is 208 Å². The van der Waals surface area contributed by atoms with Gasteiger partial charge in [-0.3, -0.25) is 19.4 Å². The minimum atomic E-state index is -3.89. The number of carbonyl (C=O) groups excluding carboxylic acids is 1. The van der Waals surface area contributed by atoms with E-state index in [-0.39, 0.29) is 10.8 Å². The Morgan fingerprint density at radius 2 is 1.77 bits per heavy atom. The lowest BCUT2D eigenvalue weighted by molar-refractivity contribution is 0.0618. The fourth-order valence-corrected chi connectivity index (χ4v) is 6.26. The minimum absolute atomic E-state index is 0.0166. The molecule has 0 unspecified atom stereocenters. The molecule has 1 saturated carbocycles. The Hall–Kier alpha value is -2.97. The number of hydrogen-bond donors (Lipinski definition) is 1. The second-order valence-corrected chi connectivity index (χ2v) is 10.9. The summed E-state index contributed by atoms with van der Waals surface area (Å²) in [5.74, 6) is 0.801. The van der Waals surface area contributed by atoms with E-state index < -0.39 is 10.0 Å². The van der Waals surface area contributed by atoms with Crippen molar-refractivity contribution in [3.05, 3.63) is 59.7 Å². The second kappa shape index (κ2) is 11.2. The summed E-state index contributed by atoms with van der Waals surface area (Å²) in [5, 5.41) is 0. The van der Waals surface area contributed by atoms with Crippen LogP contribution in [-0.4, -0.2) is 63.6 Å². The van der Waals surface area contributed by atoms with Gasteiger partial charge in [0.05, 0.1) is 5.69 Å². The molecule has 2 aliphatic rings. The summed E-state index contributed by atoms with van der Waals surface area (Å²) in [7, 11) is -3.89. The predicted molar refractivity (Wildman–Crippen MR) is 142 cm³/mol. The number of para-hydroxylation sites is 1. The third-order valence-electron chi connectivity index (χ3n) is 6.86. The predicted octanol–water partition coefficient (Wildman–Crippen LogP) is 4.80. The van der Waals surface area contributed by atoms with Crippen molar-refractivity contribution in [2.24, 2.45) is 10.9 Å². The molecule has 2 aromatic carbocycles. The number of benzene rings is 2. The number of rotatable bonds is 8. The molecule has 8 heteroatoms. The van der Waals surface area contributed by atoms with Gasteiger partial charge in [-0.2, -0.15) is 0 Å². The summed E-state index contributed by atoms with van der Waals surface area (Å²) in [6.45, 7) is 9.80. The molecule has 0 radical (unpaired) electrons. The molecule has 0 spiro atoms. The van der Waals surface area contributed by atoms with Gasteiger partial charge < -0.3 is 4.90 Å². The summed E-state index contributed by atoms with van der Waals surface area (Å²) >= 11 is 0.